The molecule has 180 valence electrons. The first-order valence-electron chi connectivity index (χ1n) is 12.5. The normalized spacial score (nSPS) is 28.1. The summed E-state index contributed by atoms with van der Waals surface area (Å²) in [6.45, 7) is 6.81. The summed E-state index contributed by atoms with van der Waals surface area (Å²) >= 11 is 0. The number of carboxylic acids is 1. The van der Waals surface area contributed by atoms with Crippen LogP contribution in [0, 0.1) is 23.2 Å². The van der Waals surface area contributed by atoms with Crippen LogP contribution in [0.4, 0.5) is 5.69 Å². The monoisotopic (exact) mass is 470 g/mol. The number of carbonyl (C=O) groups excluding carboxylic acids is 2. The number of nitrogens with zero attached hydrogens (tertiary/aromatic N) is 1. The van der Waals surface area contributed by atoms with Crippen LogP contribution in [0.15, 0.2) is 48.5 Å². The van der Waals surface area contributed by atoms with E-state index < -0.39 is 17.8 Å². The molecule has 0 bridgehead atoms. The number of carbonyl (C=O) groups is 3. The zero-order valence-corrected chi connectivity index (χ0v) is 20.2. The van der Waals surface area contributed by atoms with Crippen LogP contribution < -0.4 is 4.90 Å². The molecule has 0 unspecified atom stereocenters. The number of carboxylic acid groups (broad SMARTS) is 1. The maximum absolute atomic E-state index is 14.0. The summed E-state index contributed by atoms with van der Waals surface area (Å²) in [5.74, 6) is -1.52. The summed E-state index contributed by atoms with van der Waals surface area (Å²) in [6.07, 6.45) is 3.06. The van der Waals surface area contributed by atoms with Crippen LogP contribution in [-0.2, 0) is 9.59 Å². The number of amides is 2. The quantitative estimate of drug-likeness (QED) is 0.470. The average Bonchev–Trinajstić information content (AvgIpc) is 3.33. The van der Waals surface area contributed by atoms with E-state index in [0.29, 0.717) is 11.6 Å². The van der Waals surface area contributed by atoms with Crippen LogP contribution in [-0.4, -0.2) is 27.9 Å². The highest BCUT2D eigenvalue weighted by atomic mass is 16.4. The van der Waals surface area contributed by atoms with E-state index in [4.69, 9.17) is 0 Å². The van der Waals surface area contributed by atoms with E-state index in [9.17, 15) is 19.5 Å². The molecule has 5 atom stereocenters. The number of rotatable bonds is 2. The number of benzene rings is 2. The van der Waals surface area contributed by atoms with Gasteiger partial charge in [-0.15, -0.1) is 0 Å². The maximum Gasteiger partial charge on any atom is 0.335 e. The van der Waals surface area contributed by atoms with Crippen LogP contribution in [0.2, 0.25) is 0 Å². The Balaban J connectivity index is 1.49. The summed E-state index contributed by atoms with van der Waals surface area (Å²) in [5.41, 5.74) is 3.84. The van der Waals surface area contributed by atoms with Gasteiger partial charge < -0.3 is 10.1 Å². The molecule has 1 aliphatic heterocycles. The van der Waals surface area contributed by atoms with E-state index in [1.807, 2.05) is 18.2 Å². The number of aromatic amines is 1. The molecule has 0 radical (unpaired) electrons. The van der Waals surface area contributed by atoms with Crippen LogP contribution in [0.3, 0.4) is 0 Å². The molecule has 2 heterocycles. The first-order chi connectivity index (χ1) is 16.7. The second kappa shape index (κ2) is 7.54. The van der Waals surface area contributed by atoms with Crippen molar-refractivity contribution >= 4 is 34.4 Å². The minimum Gasteiger partial charge on any atom is -0.478 e. The molecule has 2 N–H and O–H groups in total. The Morgan fingerprint density at radius 2 is 1.71 bits per heavy atom. The second-order valence-corrected chi connectivity index (χ2v) is 11.5. The van der Waals surface area contributed by atoms with Crippen molar-refractivity contribution in [3.8, 4) is 0 Å². The van der Waals surface area contributed by atoms with E-state index in [2.05, 4.69) is 31.8 Å². The molecule has 1 saturated heterocycles. The van der Waals surface area contributed by atoms with Crippen molar-refractivity contribution in [1.29, 1.82) is 0 Å². The molecule has 3 aromatic rings. The molecule has 3 aliphatic rings. The van der Waals surface area contributed by atoms with Gasteiger partial charge in [-0.05, 0) is 78.3 Å². The Kier molecular flexibility index (Phi) is 4.76. The van der Waals surface area contributed by atoms with Gasteiger partial charge in [0.25, 0.3) is 0 Å². The minimum absolute atomic E-state index is 0.101. The van der Waals surface area contributed by atoms with Crippen molar-refractivity contribution < 1.29 is 19.5 Å². The highest BCUT2D eigenvalue weighted by Crippen LogP contribution is 2.59. The number of anilines is 1. The number of aromatic nitrogens is 1. The largest absolute Gasteiger partial charge is 0.478 e. The molecule has 1 saturated carbocycles. The zero-order chi connectivity index (χ0) is 24.6. The molecular formula is C29H30N2O4. The molecule has 6 heteroatoms. The molecule has 6 rings (SSSR count). The minimum atomic E-state index is -1.04. The smallest absolute Gasteiger partial charge is 0.335 e. The fourth-order valence-corrected chi connectivity index (χ4v) is 7.01. The zero-order valence-electron chi connectivity index (χ0n) is 20.2. The highest BCUT2D eigenvalue weighted by Gasteiger charge is 2.59. The molecule has 35 heavy (non-hydrogen) atoms. The number of hydrogen-bond acceptors (Lipinski definition) is 3. The lowest BCUT2D eigenvalue weighted by Crippen LogP contribution is -2.41. The number of H-pyrrole nitrogens is 1. The van der Waals surface area contributed by atoms with E-state index in [0.717, 1.165) is 35.9 Å². The molecule has 0 spiro atoms. The van der Waals surface area contributed by atoms with Crippen molar-refractivity contribution in [2.24, 2.45) is 23.2 Å². The van der Waals surface area contributed by atoms with Crippen LogP contribution in [0.5, 0.6) is 0 Å². The van der Waals surface area contributed by atoms with Gasteiger partial charge in [0.2, 0.25) is 11.8 Å². The Hall–Kier alpha value is -3.41. The second-order valence-electron chi connectivity index (χ2n) is 11.5. The first kappa shape index (κ1) is 22.1. The van der Waals surface area contributed by atoms with Crippen molar-refractivity contribution in [2.75, 3.05) is 4.90 Å². The van der Waals surface area contributed by atoms with E-state index in [1.165, 1.54) is 22.6 Å². The summed E-state index contributed by atoms with van der Waals surface area (Å²) in [7, 11) is 0. The van der Waals surface area contributed by atoms with Gasteiger partial charge in [0.15, 0.2) is 0 Å². The Morgan fingerprint density at radius 3 is 2.40 bits per heavy atom. The molecule has 2 aliphatic carbocycles. The third-order valence-corrected chi connectivity index (χ3v) is 8.77. The molecule has 1 aromatic heterocycles. The Labute approximate surface area is 204 Å². The lowest BCUT2D eigenvalue weighted by molar-refractivity contribution is -0.123. The number of nitrogens with one attached hydrogen (secondary N) is 1. The van der Waals surface area contributed by atoms with Crippen molar-refractivity contribution in [1.82, 2.24) is 4.98 Å². The Bertz CT molecular complexity index is 1360. The Morgan fingerprint density at radius 1 is 1.00 bits per heavy atom. The van der Waals surface area contributed by atoms with Gasteiger partial charge in [0, 0.05) is 16.6 Å². The molecule has 2 fully saturated rings. The maximum atomic E-state index is 14.0. The number of imide groups is 1. The number of aromatic carboxylic acids is 1. The fraction of sp³-hybridized carbons (Fsp3) is 0.414. The SMILES string of the molecule is CC(C)(C)[C@H]1CC[C@@H]2c3c([nH]c4ccccc34)[C@H]3C(=O)N(c4ccc(C(=O)O)cc4)C(=O)[C@@H]3[C@@H]2C1. The fourth-order valence-electron chi connectivity index (χ4n) is 7.01. The molecule has 2 aromatic carbocycles. The van der Waals surface area contributed by atoms with Crippen molar-refractivity contribution in [3.63, 3.8) is 0 Å². The first-order valence-corrected chi connectivity index (χ1v) is 12.5. The lowest BCUT2D eigenvalue weighted by Gasteiger charge is -2.47. The predicted octanol–water partition coefficient (Wildman–Crippen LogP) is 5.70. The predicted molar refractivity (Wildman–Crippen MR) is 133 cm³/mol. The van der Waals surface area contributed by atoms with Crippen molar-refractivity contribution in [3.05, 3.63) is 65.4 Å². The summed E-state index contributed by atoms with van der Waals surface area (Å²) < 4.78 is 0. The third kappa shape index (κ3) is 3.19. The summed E-state index contributed by atoms with van der Waals surface area (Å²) in [4.78, 5) is 44.1. The molecule has 2 amide bonds. The standard InChI is InChI=1S/C29H30N2O4/c1-29(2,3)16-10-13-18-20(14-16)23-24(25-22(18)19-6-4-5-7-21(19)30-25)27(33)31(26(23)32)17-11-8-15(9-12-17)28(34)35/h4-9,11-12,16,18,20,23-24,30H,10,13-14H2,1-3H3,(H,34,35)/t16-,18-,20+,23+,24-/m0/s1. The third-order valence-electron chi connectivity index (χ3n) is 8.77. The van der Waals surface area contributed by atoms with Gasteiger partial charge in [-0.25, -0.2) is 9.69 Å². The van der Waals surface area contributed by atoms with Crippen LogP contribution in [0.25, 0.3) is 10.9 Å². The highest BCUT2D eigenvalue weighted by molar-refractivity contribution is 6.24. The van der Waals surface area contributed by atoms with Crippen LogP contribution >= 0.6 is 0 Å². The van der Waals surface area contributed by atoms with E-state index in [1.54, 1.807) is 12.1 Å². The van der Waals surface area contributed by atoms with Gasteiger partial charge in [0.1, 0.15) is 0 Å². The summed E-state index contributed by atoms with van der Waals surface area (Å²) in [5, 5.41) is 10.4. The lowest BCUT2D eigenvalue weighted by atomic mass is 9.56. The van der Waals surface area contributed by atoms with Gasteiger partial charge >= 0.3 is 5.97 Å². The van der Waals surface area contributed by atoms with Gasteiger partial charge in [-0.2, -0.15) is 0 Å². The summed E-state index contributed by atoms with van der Waals surface area (Å²) in [6, 6.07) is 14.2. The van der Waals surface area contributed by atoms with Gasteiger partial charge in [0.05, 0.1) is 23.1 Å². The average molecular weight is 471 g/mol. The van der Waals surface area contributed by atoms with Crippen LogP contribution in [0.1, 0.15) is 73.5 Å². The number of hydrogen-bond donors (Lipinski definition) is 2. The van der Waals surface area contributed by atoms with Gasteiger partial charge in [-0.1, -0.05) is 39.0 Å². The van der Waals surface area contributed by atoms with E-state index >= 15 is 0 Å². The number of para-hydroxylation sites is 1. The van der Waals surface area contributed by atoms with Gasteiger partial charge in [-0.3, -0.25) is 9.59 Å². The van der Waals surface area contributed by atoms with E-state index in [-0.39, 0.29) is 34.6 Å². The van der Waals surface area contributed by atoms with Crippen molar-refractivity contribution in [2.45, 2.75) is 51.9 Å². The number of fused-ring (bicyclic) bond motifs is 8. The topological polar surface area (TPSA) is 90.5 Å². The molecular weight excluding hydrogens is 440 g/mol. The molecule has 6 nitrogen and oxygen atoms in total.